The molecule has 0 amide bonds. The quantitative estimate of drug-likeness (QED) is 0.753. The van der Waals surface area contributed by atoms with Crippen LogP contribution in [-0.2, 0) is 16.8 Å². The molecule has 9 heteroatoms. The summed E-state index contributed by atoms with van der Waals surface area (Å²) in [7, 11) is -4.27. The van der Waals surface area contributed by atoms with E-state index >= 15 is 0 Å². The summed E-state index contributed by atoms with van der Waals surface area (Å²) in [6.45, 7) is 4.58. The van der Waals surface area contributed by atoms with Crippen molar-refractivity contribution in [2.45, 2.75) is 6.54 Å². The second-order valence-corrected chi connectivity index (χ2v) is 7.73. The van der Waals surface area contributed by atoms with E-state index in [-0.39, 0.29) is 6.79 Å². The second kappa shape index (κ2) is 7.26. The van der Waals surface area contributed by atoms with E-state index in [1.165, 1.54) is 5.56 Å². The van der Waals surface area contributed by atoms with Gasteiger partial charge in [0, 0.05) is 38.4 Å². The first-order valence-corrected chi connectivity index (χ1v) is 10.1. The van der Waals surface area contributed by atoms with Gasteiger partial charge in [-0.2, -0.15) is 8.42 Å². The molecule has 0 aromatic heterocycles. The average Bonchev–Trinajstić information content (AvgIpc) is 3.09. The Labute approximate surface area is 158 Å². The van der Waals surface area contributed by atoms with Crippen LogP contribution in [0.1, 0.15) is 5.56 Å². The van der Waals surface area contributed by atoms with E-state index in [0.717, 1.165) is 49.9 Å². The average molecular weight is 391 g/mol. The van der Waals surface area contributed by atoms with Crippen LogP contribution in [0.15, 0.2) is 42.5 Å². The highest BCUT2D eigenvalue weighted by Crippen LogP contribution is 2.33. The standard InChI is InChI=1S/C18H21N3O5S/c22-27(23,24)19-15-2-1-3-16(11-15)21-8-6-20(7-9-21)12-14-4-5-17-18(10-14)26-13-25-17/h1-5,10-11,19H,6-9,12-13H2,(H,22,23,24). The normalized spacial score (nSPS) is 17.1. The number of hydrogen-bond donors (Lipinski definition) is 2. The van der Waals surface area contributed by atoms with Crippen molar-refractivity contribution in [2.75, 3.05) is 42.6 Å². The molecule has 8 nitrogen and oxygen atoms in total. The molecule has 27 heavy (non-hydrogen) atoms. The zero-order valence-electron chi connectivity index (χ0n) is 14.7. The Hall–Kier alpha value is -2.49. The number of ether oxygens (including phenoxy) is 2. The molecule has 0 atom stereocenters. The third-order valence-corrected chi connectivity index (χ3v) is 5.17. The van der Waals surface area contributed by atoms with Crippen LogP contribution in [0.2, 0.25) is 0 Å². The molecule has 2 heterocycles. The number of piperazine rings is 1. The molecule has 0 saturated carbocycles. The predicted octanol–water partition coefficient (Wildman–Crippen LogP) is 1.95. The number of rotatable bonds is 5. The maximum Gasteiger partial charge on any atom is 0.357 e. The van der Waals surface area contributed by atoms with Crippen molar-refractivity contribution in [3.8, 4) is 11.5 Å². The molecule has 4 rings (SSSR count). The van der Waals surface area contributed by atoms with E-state index < -0.39 is 10.3 Å². The maximum atomic E-state index is 11.0. The number of nitrogens with one attached hydrogen (secondary N) is 1. The van der Waals surface area contributed by atoms with Crippen molar-refractivity contribution in [3.05, 3.63) is 48.0 Å². The molecular weight excluding hydrogens is 370 g/mol. The molecule has 144 valence electrons. The number of fused-ring (bicyclic) bond motifs is 1. The van der Waals surface area contributed by atoms with E-state index in [0.29, 0.717) is 5.69 Å². The summed E-state index contributed by atoms with van der Waals surface area (Å²) in [5, 5.41) is 0. The van der Waals surface area contributed by atoms with Gasteiger partial charge in [-0.15, -0.1) is 0 Å². The number of benzene rings is 2. The molecule has 0 aliphatic carbocycles. The van der Waals surface area contributed by atoms with Gasteiger partial charge in [0.25, 0.3) is 0 Å². The molecule has 0 unspecified atom stereocenters. The van der Waals surface area contributed by atoms with Crippen molar-refractivity contribution < 1.29 is 22.4 Å². The molecule has 2 aliphatic rings. The summed E-state index contributed by atoms with van der Waals surface area (Å²) in [6.07, 6.45) is 0. The fourth-order valence-electron chi connectivity index (χ4n) is 3.38. The monoisotopic (exact) mass is 391 g/mol. The minimum Gasteiger partial charge on any atom is -0.454 e. The summed E-state index contributed by atoms with van der Waals surface area (Å²) in [6, 6.07) is 13.1. The van der Waals surface area contributed by atoms with Crippen LogP contribution in [0.4, 0.5) is 11.4 Å². The molecule has 2 aromatic rings. The van der Waals surface area contributed by atoms with E-state index in [2.05, 4.69) is 20.6 Å². The fraction of sp³-hybridized carbons (Fsp3) is 0.333. The van der Waals surface area contributed by atoms with Gasteiger partial charge in [0.05, 0.1) is 5.69 Å². The van der Waals surface area contributed by atoms with Gasteiger partial charge in [0.1, 0.15) is 0 Å². The minimum atomic E-state index is -4.27. The second-order valence-electron chi connectivity index (χ2n) is 6.58. The van der Waals surface area contributed by atoms with Crippen molar-refractivity contribution in [1.29, 1.82) is 0 Å². The van der Waals surface area contributed by atoms with E-state index in [1.807, 2.05) is 18.2 Å². The van der Waals surface area contributed by atoms with Crippen LogP contribution in [0.5, 0.6) is 11.5 Å². The summed E-state index contributed by atoms with van der Waals surface area (Å²) >= 11 is 0. The zero-order chi connectivity index (χ0) is 18.9. The Bertz CT molecular complexity index is 926. The lowest BCUT2D eigenvalue weighted by Crippen LogP contribution is -2.45. The van der Waals surface area contributed by atoms with Crippen LogP contribution in [0.3, 0.4) is 0 Å². The van der Waals surface area contributed by atoms with Gasteiger partial charge >= 0.3 is 10.3 Å². The Morgan fingerprint density at radius 3 is 2.56 bits per heavy atom. The molecule has 1 saturated heterocycles. The first-order chi connectivity index (χ1) is 13.0. The number of anilines is 2. The first-order valence-electron chi connectivity index (χ1n) is 8.67. The molecule has 0 radical (unpaired) electrons. The van der Waals surface area contributed by atoms with Crippen LogP contribution in [0.25, 0.3) is 0 Å². The van der Waals surface area contributed by atoms with E-state index in [9.17, 15) is 8.42 Å². The molecule has 0 spiro atoms. The Morgan fingerprint density at radius 1 is 1.00 bits per heavy atom. The molecular formula is C18H21N3O5S. The van der Waals surface area contributed by atoms with Crippen molar-refractivity contribution >= 4 is 21.7 Å². The third-order valence-electron chi connectivity index (χ3n) is 4.67. The van der Waals surface area contributed by atoms with Gasteiger partial charge < -0.3 is 14.4 Å². The Morgan fingerprint density at radius 2 is 1.78 bits per heavy atom. The summed E-state index contributed by atoms with van der Waals surface area (Å²) in [4.78, 5) is 4.57. The van der Waals surface area contributed by atoms with Crippen LogP contribution >= 0.6 is 0 Å². The molecule has 1 fully saturated rings. The topological polar surface area (TPSA) is 91.3 Å². The highest BCUT2D eigenvalue weighted by atomic mass is 32.2. The van der Waals surface area contributed by atoms with Crippen molar-refractivity contribution in [2.24, 2.45) is 0 Å². The first kappa shape index (κ1) is 17.9. The molecule has 0 bridgehead atoms. The maximum absolute atomic E-state index is 11.0. The minimum absolute atomic E-state index is 0.281. The molecule has 2 N–H and O–H groups in total. The SMILES string of the molecule is O=S(=O)(O)Nc1cccc(N2CCN(Cc3ccc4c(c3)OCO4)CC2)c1. The Kier molecular flexibility index (Phi) is 4.81. The van der Waals surface area contributed by atoms with Crippen molar-refractivity contribution in [1.82, 2.24) is 4.90 Å². The van der Waals surface area contributed by atoms with Crippen LogP contribution in [-0.4, -0.2) is 50.8 Å². The van der Waals surface area contributed by atoms with Gasteiger partial charge in [-0.3, -0.25) is 14.2 Å². The predicted molar refractivity (Wildman–Crippen MR) is 102 cm³/mol. The van der Waals surface area contributed by atoms with Crippen LogP contribution < -0.4 is 19.1 Å². The summed E-state index contributed by atoms with van der Waals surface area (Å²) in [5.74, 6) is 1.59. The van der Waals surface area contributed by atoms with E-state index in [1.54, 1.807) is 18.2 Å². The third kappa shape index (κ3) is 4.44. The van der Waals surface area contributed by atoms with Gasteiger partial charge in [-0.25, -0.2) is 0 Å². The van der Waals surface area contributed by atoms with Gasteiger partial charge in [-0.1, -0.05) is 12.1 Å². The van der Waals surface area contributed by atoms with Gasteiger partial charge in [0.15, 0.2) is 11.5 Å². The number of nitrogens with zero attached hydrogens (tertiary/aromatic N) is 2. The lowest BCUT2D eigenvalue weighted by molar-refractivity contribution is 0.174. The van der Waals surface area contributed by atoms with E-state index in [4.69, 9.17) is 14.0 Å². The summed E-state index contributed by atoms with van der Waals surface area (Å²) in [5.41, 5.74) is 2.45. The van der Waals surface area contributed by atoms with Gasteiger partial charge in [-0.05, 0) is 35.9 Å². The Balaban J connectivity index is 1.36. The lowest BCUT2D eigenvalue weighted by Gasteiger charge is -2.36. The smallest absolute Gasteiger partial charge is 0.357 e. The summed E-state index contributed by atoms with van der Waals surface area (Å²) < 4.78 is 43.8. The fourth-order valence-corrected chi connectivity index (χ4v) is 3.80. The van der Waals surface area contributed by atoms with Crippen LogP contribution in [0, 0.1) is 0 Å². The number of hydrogen-bond acceptors (Lipinski definition) is 6. The highest BCUT2D eigenvalue weighted by Gasteiger charge is 2.19. The molecule has 2 aromatic carbocycles. The highest BCUT2D eigenvalue weighted by molar-refractivity contribution is 7.87. The zero-order valence-corrected chi connectivity index (χ0v) is 15.5. The molecule has 2 aliphatic heterocycles. The largest absolute Gasteiger partial charge is 0.454 e. The lowest BCUT2D eigenvalue weighted by atomic mass is 10.1. The van der Waals surface area contributed by atoms with Gasteiger partial charge in [0.2, 0.25) is 6.79 Å². The van der Waals surface area contributed by atoms with Crippen molar-refractivity contribution in [3.63, 3.8) is 0 Å².